The van der Waals surface area contributed by atoms with E-state index in [4.69, 9.17) is 6.42 Å². The second-order valence-electron chi connectivity index (χ2n) is 5.20. The summed E-state index contributed by atoms with van der Waals surface area (Å²) in [5, 5.41) is 7.30. The summed E-state index contributed by atoms with van der Waals surface area (Å²) in [6.45, 7) is 4.45. The minimum Gasteiger partial charge on any atom is -0.367 e. The van der Waals surface area contributed by atoms with Gasteiger partial charge in [0.25, 0.3) is 5.56 Å². The van der Waals surface area contributed by atoms with Crippen molar-refractivity contribution < 1.29 is 0 Å². The van der Waals surface area contributed by atoms with Gasteiger partial charge in [-0.15, -0.1) is 6.42 Å². The molecule has 0 atom stereocenters. The first-order valence-corrected chi connectivity index (χ1v) is 6.74. The molecule has 0 amide bonds. The van der Waals surface area contributed by atoms with Crippen LogP contribution < -0.4 is 10.9 Å². The molecular formula is C13H16BrN3O. The third-order valence-corrected chi connectivity index (χ3v) is 3.69. The number of anilines is 1. The number of hydrogen-bond donors (Lipinski definition) is 1. The molecule has 0 saturated heterocycles. The minimum atomic E-state index is -0.515. The standard InChI is InChI=1S/C13H16BrN3O/c1-4-13(2,3)16-10-7-15-17(8-9-5-6-9)12(18)11(10)14/h1,7,9,16H,5-6,8H2,2-3H3. The van der Waals surface area contributed by atoms with Gasteiger partial charge in [-0.05, 0) is 48.5 Å². The molecule has 1 aromatic heterocycles. The van der Waals surface area contributed by atoms with Crippen LogP contribution in [0.1, 0.15) is 26.7 Å². The van der Waals surface area contributed by atoms with Crippen LogP contribution in [0.25, 0.3) is 0 Å². The molecule has 0 aliphatic heterocycles. The maximum absolute atomic E-state index is 12.1. The van der Waals surface area contributed by atoms with E-state index in [0.717, 1.165) is 0 Å². The fraction of sp³-hybridized carbons (Fsp3) is 0.538. The second kappa shape index (κ2) is 4.77. The van der Waals surface area contributed by atoms with Gasteiger partial charge in [0.05, 0.1) is 17.4 Å². The maximum Gasteiger partial charge on any atom is 0.283 e. The summed E-state index contributed by atoms with van der Waals surface area (Å²) >= 11 is 3.32. The molecule has 0 bridgehead atoms. The van der Waals surface area contributed by atoms with E-state index in [0.29, 0.717) is 22.6 Å². The van der Waals surface area contributed by atoms with Crippen LogP contribution in [0.15, 0.2) is 15.5 Å². The topological polar surface area (TPSA) is 46.9 Å². The van der Waals surface area contributed by atoms with Gasteiger partial charge in [0, 0.05) is 6.54 Å². The zero-order valence-corrected chi connectivity index (χ0v) is 12.1. The highest BCUT2D eigenvalue weighted by Gasteiger charge is 2.24. The quantitative estimate of drug-likeness (QED) is 0.868. The molecule has 1 aliphatic carbocycles. The molecule has 18 heavy (non-hydrogen) atoms. The van der Waals surface area contributed by atoms with Gasteiger partial charge >= 0.3 is 0 Å². The molecule has 0 radical (unpaired) electrons. The van der Waals surface area contributed by atoms with Crippen molar-refractivity contribution in [3.05, 3.63) is 21.0 Å². The molecule has 4 nitrogen and oxygen atoms in total. The van der Waals surface area contributed by atoms with Crippen LogP contribution in [-0.2, 0) is 6.54 Å². The van der Waals surface area contributed by atoms with Crippen molar-refractivity contribution in [1.29, 1.82) is 0 Å². The zero-order chi connectivity index (χ0) is 13.3. The van der Waals surface area contributed by atoms with Gasteiger partial charge in [-0.25, -0.2) is 4.68 Å². The van der Waals surface area contributed by atoms with Crippen molar-refractivity contribution >= 4 is 21.6 Å². The molecular weight excluding hydrogens is 294 g/mol. The Morgan fingerprint density at radius 2 is 2.33 bits per heavy atom. The van der Waals surface area contributed by atoms with Gasteiger partial charge in [0.1, 0.15) is 4.47 Å². The Hall–Kier alpha value is -1.28. The summed E-state index contributed by atoms with van der Waals surface area (Å²) in [7, 11) is 0. The van der Waals surface area contributed by atoms with Crippen molar-refractivity contribution in [3.8, 4) is 12.3 Å². The molecule has 1 fully saturated rings. The molecule has 1 aliphatic rings. The summed E-state index contributed by atoms with van der Waals surface area (Å²) in [6.07, 6.45) is 9.44. The van der Waals surface area contributed by atoms with E-state index in [-0.39, 0.29) is 5.56 Å². The molecule has 2 rings (SSSR count). The van der Waals surface area contributed by atoms with Crippen LogP contribution in [-0.4, -0.2) is 15.3 Å². The summed E-state index contributed by atoms with van der Waals surface area (Å²) in [6, 6.07) is 0. The SMILES string of the molecule is C#CC(C)(C)Nc1cnn(CC2CC2)c(=O)c1Br. The summed E-state index contributed by atoms with van der Waals surface area (Å²) in [5.41, 5.74) is 0.00832. The number of hydrogen-bond acceptors (Lipinski definition) is 3. The van der Waals surface area contributed by atoms with Crippen LogP contribution >= 0.6 is 15.9 Å². The first-order valence-electron chi connectivity index (χ1n) is 5.94. The Bertz CT molecular complexity index is 552. The van der Waals surface area contributed by atoms with E-state index in [2.05, 4.69) is 32.3 Å². The fourth-order valence-electron chi connectivity index (χ4n) is 1.60. The highest BCUT2D eigenvalue weighted by Crippen LogP contribution is 2.30. The number of terminal acetylenes is 1. The molecule has 1 N–H and O–H groups in total. The van der Waals surface area contributed by atoms with Gasteiger partial charge in [-0.1, -0.05) is 5.92 Å². The van der Waals surface area contributed by atoms with Gasteiger partial charge in [-0.3, -0.25) is 4.79 Å². The van der Waals surface area contributed by atoms with Crippen LogP contribution in [0, 0.1) is 18.3 Å². The number of halogens is 1. The predicted molar refractivity (Wildman–Crippen MR) is 75.5 cm³/mol. The number of nitrogens with one attached hydrogen (secondary N) is 1. The fourth-order valence-corrected chi connectivity index (χ4v) is 2.01. The Morgan fingerprint density at radius 3 is 2.89 bits per heavy atom. The molecule has 5 heteroatoms. The van der Waals surface area contributed by atoms with Crippen LogP contribution in [0.5, 0.6) is 0 Å². The maximum atomic E-state index is 12.1. The zero-order valence-electron chi connectivity index (χ0n) is 10.5. The van der Waals surface area contributed by atoms with Crippen molar-refractivity contribution in [1.82, 2.24) is 9.78 Å². The highest BCUT2D eigenvalue weighted by atomic mass is 79.9. The lowest BCUT2D eigenvalue weighted by Crippen LogP contribution is -2.31. The largest absolute Gasteiger partial charge is 0.367 e. The molecule has 1 aromatic rings. The van der Waals surface area contributed by atoms with Gasteiger partial charge in [0.2, 0.25) is 0 Å². The minimum absolute atomic E-state index is 0.111. The van der Waals surface area contributed by atoms with E-state index in [1.54, 1.807) is 6.20 Å². The average molecular weight is 310 g/mol. The van der Waals surface area contributed by atoms with Crippen molar-refractivity contribution in [2.75, 3.05) is 5.32 Å². The number of rotatable bonds is 4. The number of aromatic nitrogens is 2. The van der Waals surface area contributed by atoms with Crippen LogP contribution in [0.4, 0.5) is 5.69 Å². The number of nitrogens with zero attached hydrogens (tertiary/aromatic N) is 2. The first-order chi connectivity index (χ1) is 8.43. The van der Waals surface area contributed by atoms with E-state index in [1.165, 1.54) is 17.5 Å². The molecule has 0 spiro atoms. The lowest BCUT2D eigenvalue weighted by molar-refractivity contribution is 0.531. The van der Waals surface area contributed by atoms with E-state index in [9.17, 15) is 4.79 Å². The second-order valence-corrected chi connectivity index (χ2v) is 5.99. The predicted octanol–water partition coefficient (Wildman–Crippen LogP) is 2.24. The van der Waals surface area contributed by atoms with Crippen LogP contribution in [0.3, 0.4) is 0 Å². The monoisotopic (exact) mass is 309 g/mol. The molecule has 0 unspecified atom stereocenters. The molecule has 1 heterocycles. The van der Waals surface area contributed by atoms with Crippen molar-refractivity contribution in [3.63, 3.8) is 0 Å². The Kier molecular flexibility index (Phi) is 3.49. The Balaban J connectivity index is 2.26. The van der Waals surface area contributed by atoms with Crippen molar-refractivity contribution in [2.24, 2.45) is 5.92 Å². The van der Waals surface area contributed by atoms with Gasteiger partial charge in [-0.2, -0.15) is 5.10 Å². The molecule has 96 valence electrons. The lowest BCUT2D eigenvalue weighted by Gasteiger charge is -2.21. The smallest absolute Gasteiger partial charge is 0.283 e. The van der Waals surface area contributed by atoms with E-state index in [1.807, 2.05) is 13.8 Å². The van der Waals surface area contributed by atoms with E-state index >= 15 is 0 Å². The van der Waals surface area contributed by atoms with Crippen LogP contribution in [0.2, 0.25) is 0 Å². The average Bonchev–Trinajstić information content (AvgIpc) is 3.13. The third kappa shape index (κ3) is 2.94. The highest BCUT2D eigenvalue weighted by molar-refractivity contribution is 9.10. The first kappa shape index (κ1) is 13.2. The normalized spacial score (nSPS) is 15.2. The third-order valence-electron chi connectivity index (χ3n) is 2.92. The van der Waals surface area contributed by atoms with Crippen molar-refractivity contribution in [2.45, 2.75) is 38.8 Å². The summed E-state index contributed by atoms with van der Waals surface area (Å²) < 4.78 is 2.00. The molecule has 0 aromatic carbocycles. The van der Waals surface area contributed by atoms with Gasteiger partial charge in [0.15, 0.2) is 0 Å². The summed E-state index contributed by atoms with van der Waals surface area (Å²) in [4.78, 5) is 12.1. The van der Waals surface area contributed by atoms with E-state index < -0.39 is 5.54 Å². The Morgan fingerprint density at radius 1 is 1.67 bits per heavy atom. The summed E-state index contributed by atoms with van der Waals surface area (Å²) in [5.74, 6) is 3.24. The Labute approximate surface area is 115 Å². The van der Waals surface area contributed by atoms with Gasteiger partial charge < -0.3 is 5.32 Å². The molecule has 1 saturated carbocycles. The lowest BCUT2D eigenvalue weighted by atomic mass is 10.1.